The molecule has 1 amide bonds. The molecule has 1 atom stereocenters. The predicted octanol–water partition coefficient (Wildman–Crippen LogP) is 1.92. The van der Waals surface area contributed by atoms with Gasteiger partial charge in [0.1, 0.15) is 10.5 Å². The molecule has 0 spiro atoms. The number of sulfonamides is 1. The van der Waals surface area contributed by atoms with Crippen molar-refractivity contribution in [2.24, 2.45) is 5.92 Å². The summed E-state index contributed by atoms with van der Waals surface area (Å²) in [6.07, 6.45) is 4.48. The van der Waals surface area contributed by atoms with Gasteiger partial charge in [-0.05, 0) is 45.2 Å². The molecule has 2 aromatic rings. The first kappa shape index (κ1) is 23.0. The van der Waals surface area contributed by atoms with Gasteiger partial charge in [-0.25, -0.2) is 13.2 Å². The summed E-state index contributed by atoms with van der Waals surface area (Å²) >= 11 is 0. The lowest BCUT2D eigenvalue weighted by Crippen LogP contribution is -2.45. The number of nitrogens with zero attached hydrogens (tertiary/aromatic N) is 2. The monoisotopic (exact) mass is 448 g/mol. The summed E-state index contributed by atoms with van der Waals surface area (Å²) in [5.41, 5.74) is 1.72. The Balaban J connectivity index is 1.78. The highest BCUT2D eigenvalue weighted by atomic mass is 32.2. The number of esters is 1. The highest BCUT2D eigenvalue weighted by Crippen LogP contribution is 2.30. The van der Waals surface area contributed by atoms with Crippen LogP contribution < -0.4 is 5.32 Å². The highest BCUT2D eigenvalue weighted by Gasteiger charge is 2.38. The van der Waals surface area contributed by atoms with Crippen molar-refractivity contribution in [2.75, 3.05) is 19.7 Å². The molecule has 31 heavy (non-hydrogen) atoms. The van der Waals surface area contributed by atoms with E-state index in [4.69, 9.17) is 4.74 Å². The zero-order chi connectivity index (χ0) is 22.6. The van der Waals surface area contributed by atoms with Crippen LogP contribution in [0.5, 0.6) is 0 Å². The number of aromatic amines is 1. The average molecular weight is 449 g/mol. The van der Waals surface area contributed by atoms with Crippen molar-refractivity contribution in [3.63, 3.8) is 0 Å². The van der Waals surface area contributed by atoms with E-state index >= 15 is 0 Å². The number of pyridine rings is 1. The third kappa shape index (κ3) is 4.96. The van der Waals surface area contributed by atoms with Crippen LogP contribution in [0.3, 0.4) is 0 Å². The number of nitrogens with one attached hydrogen (secondary N) is 2. The first-order chi connectivity index (χ1) is 14.8. The molecule has 3 rings (SSSR count). The lowest BCUT2D eigenvalue weighted by molar-refractivity contribution is -0.126. The van der Waals surface area contributed by atoms with Crippen molar-refractivity contribution in [1.82, 2.24) is 19.6 Å². The Bertz CT molecular complexity index is 1050. The molecule has 168 valence electrons. The van der Waals surface area contributed by atoms with E-state index in [1.54, 1.807) is 39.2 Å². The highest BCUT2D eigenvalue weighted by molar-refractivity contribution is 7.89. The molecule has 1 aliphatic rings. The van der Waals surface area contributed by atoms with Crippen molar-refractivity contribution >= 4 is 21.9 Å². The Morgan fingerprint density at radius 3 is 2.77 bits per heavy atom. The van der Waals surface area contributed by atoms with E-state index in [1.807, 2.05) is 6.07 Å². The first-order valence-electron chi connectivity index (χ1n) is 10.3. The van der Waals surface area contributed by atoms with Gasteiger partial charge in [0, 0.05) is 43.4 Å². The van der Waals surface area contributed by atoms with Crippen LogP contribution in [-0.4, -0.2) is 54.3 Å². The Labute approximate surface area is 182 Å². The van der Waals surface area contributed by atoms with Crippen LogP contribution in [0, 0.1) is 19.8 Å². The smallest absolute Gasteiger partial charge is 0.341 e. The van der Waals surface area contributed by atoms with Crippen molar-refractivity contribution in [1.29, 1.82) is 0 Å². The van der Waals surface area contributed by atoms with Gasteiger partial charge < -0.3 is 15.0 Å². The number of hydrogen-bond donors (Lipinski definition) is 2. The number of piperidine rings is 1. The molecule has 3 heterocycles. The maximum Gasteiger partial charge on any atom is 0.341 e. The Kier molecular flexibility index (Phi) is 7.11. The van der Waals surface area contributed by atoms with Gasteiger partial charge in [-0.15, -0.1) is 0 Å². The Hall–Kier alpha value is -2.72. The number of amides is 1. The topological polar surface area (TPSA) is 121 Å². The maximum absolute atomic E-state index is 13.5. The second kappa shape index (κ2) is 9.61. The third-order valence-corrected chi connectivity index (χ3v) is 7.38. The normalized spacial score (nSPS) is 17.3. The maximum atomic E-state index is 13.5. The quantitative estimate of drug-likeness (QED) is 0.624. The van der Waals surface area contributed by atoms with Gasteiger partial charge in [0.2, 0.25) is 15.9 Å². The molecule has 1 saturated heterocycles. The summed E-state index contributed by atoms with van der Waals surface area (Å²) in [6.45, 7) is 5.76. The summed E-state index contributed by atoms with van der Waals surface area (Å²) in [7, 11) is -3.99. The van der Waals surface area contributed by atoms with Gasteiger partial charge in [-0.2, -0.15) is 4.31 Å². The van der Waals surface area contributed by atoms with Gasteiger partial charge in [-0.1, -0.05) is 6.07 Å². The number of carbonyl (C=O) groups is 2. The zero-order valence-electron chi connectivity index (χ0n) is 18.0. The van der Waals surface area contributed by atoms with Gasteiger partial charge in [0.05, 0.1) is 12.5 Å². The van der Waals surface area contributed by atoms with Gasteiger partial charge in [-0.3, -0.25) is 9.78 Å². The van der Waals surface area contributed by atoms with Crippen LogP contribution >= 0.6 is 0 Å². The average Bonchev–Trinajstić information content (AvgIpc) is 3.07. The van der Waals surface area contributed by atoms with Crippen molar-refractivity contribution in [2.45, 2.75) is 45.1 Å². The predicted molar refractivity (Wildman–Crippen MR) is 114 cm³/mol. The number of H-pyrrole nitrogens is 1. The number of aryl methyl sites for hydroxylation is 2. The van der Waals surface area contributed by atoms with Crippen LogP contribution in [0.15, 0.2) is 29.4 Å². The molecule has 2 N–H and O–H groups in total. The Morgan fingerprint density at radius 2 is 2.10 bits per heavy atom. The van der Waals surface area contributed by atoms with Crippen LogP contribution in [-0.2, 0) is 26.1 Å². The lowest BCUT2D eigenvalue weighted by Gasteiger charge is -2.31. The SMILES string of the molecule is CCOC(=O)c1c(C)[nH]c(C)c1S(=O)(=O)N1CCC[C@@H](C(=O)NCc2cccnc2)C1. The molecule has 0 aromatic carbocycles. The minimum Gasteiger partial charge on any atom is -0.462 e. The molecule has 0 radical (unpaired) electrons. The van der Waals surface area contributed by atoms with Crippen LogP contribution in [0.2, 0.25) is 0 Å². The number of rotatable bonds is 7. The molecule has 9 nitrogen and oxygen atoms in total. The molecule has 0 bridgehead atoms. The molecule has 0 aliphatic carbocycles. The van der Waals surface area contributed by atoms with E-state index in [9.17, 15) is 18.0 Å². The van der Waals surface area contributed by atoms with Gasteiger partial charge >= 0.3 is 5.97 Å². The Morgan fingerprint density at radius 1 is 1.32 bits per heavy atom. The summed E-state index contributed by atoms with van der Waals surface area (Å²) in [4.78, 5) is 32.0. The first-order valence-corrected chi connectivity index (χ1v) is 11.7. The summed E-state index contributed by atoms with van der Waals surface area (Å²) < 4.78 is 33.3. The van der Waals surface area contributed by atoms with E-state index in [2.05, 4.69) is 15.3 Å². The fraction of sp³-hybridized carbons (Fsp3) is 0.476. The zero-order valence-corrected chi connectivity index (χ0v) is 18.8. The van der Waals surface area contributed by atoms with E-state index in [1.165, 1.54) is 4.31 Å². The number of carbonyl (C=O) groups excluding carboxylic acids is 2. The fourth-order valence-electron chi connectivity index (χ4n) is 3.87. The second-order valence-electron chi connectivity index (χ2n) is 7.58. The molecule has 1 fully saturated rings. The van der Waals surface area contributed by atoms with E-state index in [0.29, 0.717) is 37.3 Å². The van der Waals surface area contributed by atoms with Gasteiger partial charge in [0.25, 0.3) is 0 Å². The van der Waals surface area contributed by atoms with Gasteiger partial charge in [0.15, 0.2) is 0 Å². The molecule has 0 saturated carbocycles. The molecule has 1 aliphatic heterocycles. The molecular formula is C21H28N4O5S. The number of aromatic nitrogens is 2. The largest absolute Gasteiger partial charge is 0.462 e. The van der Waals surface area contributed by atoms with Crippen molar-refractivity contribution in [3.8, 4) is 0 Å². The number of hydrogen-bond acceptors (Lipinski definition) is 6. The molecule has 2 aromatic heterocycles. The second-order valence-corrected chi connectivity index (χ2v) is 9.46. The van der Waals surface area contributed by atoms with Crippen molar-refractivity contribution in [3.05, 3.63) is 47.0 Å². The van der Waals surface area contributed by atoms with Crippen LogP contribution in [0.25, 0.3) is 0 Å². The minimum absolute atomic E-state index is 0.0301. The van der Waals surface area contributed by atoms with E-state index in [0.717, 1.165) is 5.56 Å². The molecule has 0 unspecified atom stereocenters. The van der Waals surface area contributed by atoms with E-state index < -0.39 is 21.9 Å². The minimum atomic E-state index is -3.99. The van der Waals surface area contributed by atoms with E-state index in [-0.39, 0.29) is 29.5 Å². The standard InChI is InChI=1S/C21H28N4O5S/c1-4-30-21(27)18-14(2)24-15(3)19(18)31(28,29)25-10-6-8-17(13-25)20(26)23-12-16-7-5-9-22-11-16/h5,7,9,11,17,24H,4,6,8,10,12-13H2,1-3H3,(H,23,26)/t17-/m1/s1. The summed E-state index contributed by atoms with van der Waals surface area (Å²) in [5, 5.41) is 2.86. The molecular weight excluding hydrogens is 420 g/mol. The fourth-order valence-corrected chi connectivity index (χ4v) is 5.81. The van der Waals surface area contributed by atoms with Crippen molar-refractivity contribution < 1.29 is 22.7 Å². The van der Waals surface area contributed by atoms with Crippen LogP contribution in [0.1, 0.15) is 47.1 Å². The third-order valence-electron chi connectivity index (χ3n) is 5.34. The van der Waals surface area contributed by atoms with Crippen LogP contribution in [0.4, 0.5) is 0 Å². The lowest BCUT2D eigenvalue weighted by atomic mass is 9.99. The summed E-state index contributed by atoms with van der Waals surface area (Å²) in [6, 6.07) is 3.65. The summed E-state index contributed by atoms with van der Waals surface area (Å²) in [5.74, 6) is -1.34. The number of ether oxygens (including phenoxy) is 1. The molecule has 10 heteroatoms.